The largest absolute Gasteiger partial charge is 0.507 e. The molecule has 0 atom stereocenters. The molecule has 0 fully saturated rings. The van der Waals surface area contributed by atoms with E-state index in [-0.39, 0.29) is 110 Å². The predicted octanol–water partition coefficient (Wildman–Crippen LogP) is 15.0. The Labute approximate surface area is 506 Å². The molecule has 0 saturated heterocycles. The average molecular weight is 1160 g/mol. The van der Waals surface area contributed by atoms with E-state index >= 15 is 0 Å². The van der Waals surface area contributed by atoms with Crippen molar-refractivity contribution in [1.29, 1.82) is 0 Å². The zero-order valence-electron chi connectivity index (χ0n) is 54.1. The number of fused-ring (bicyclic) bond motifs is 8. The number of benzene rings is 6. The summed E-state index contributed by atoms with van der Waals surface area (Å²) in [5.74, 6) is -0.00660. The molecule has 0 amide bonds. The summed E-state index contributed by atoms with van der Waals surface area (Å²) in [6.45, 7) is 37.8. The Morgan fingerprint density at radius 2 is 0.447 bits per heavy atom. The Hall–Kier alpha value is -6.98. The van der Waals surface area contributed by atoms with Crippen molar-refractivity contribution in [2.75, 3.05) is 39.6 Å². The smallest absolute Gasteiger partial charge is 0.344 e. The molecule has 8 rings (SSSR count). The molecular weight excluding hydrogens is 1060 g/mol. The second-order valence-corrected chi connectivity index (χ2v) is 30.0. The molecule has 2 aliphatic rings. The number of hydrogen-bond acceptors (Lipinski definition) is 11. The van der Waals surface area contributed by atoms with E-state index in [1.807, 2.05) is 48.5 Å². The summed E-state index contributed by atoms with van der Waals surface area (Å²) in [6.07, 6.45) is 1.17. The molecule has 1 heterocycles. The Bertz CT molecular complexity index is 3270. The van der Waals surface area contributed by atoms with Gasteiger partial charge >= 0.3 is 11.9 Å². The van der Waals surface area contributed by atoms with Gasteiger partial charge in [0.05, 0.1) is 13.2 Å². The lowest BCUT2D eigenvalue weighted by atomic mass is 9.79. The van der Waals surface area contributed by atoms with Gasteiger partial charge in [0, 0.05) is 38.5 Å². The van der Waals surface area contributed by atoms with Crippen LogP contribution < -0.4 is 9.47 Å². The summed E-state index contributed by atoms with van der Waals surface area (Å²) < 4.78 is 30.5. The van der Waals surface area contributed by atoms with Gasteiger partial charge < -0.3 is 44.1 Å². The van der Waals surface area contributed by atoms with Crippen LogP contribution in [-0.2, 0) is 94.8 Å². The Morgan fingerprint density at radius 1 is 0.271 bits per heavy atom. The van der Waals surface area contributed by atoms with E-state index in [0.717, 1.165) is 55.6 Å². The highest BCUT2D eigenvalue weighted by atomic mass is 16.6. The first-order valence-electron chi connectivity index (χ1n) is 30.2. The van der Waals surface area contributed by atoms with Gasteiger partial charge in [-0.3, -0.25) is 0 Å². The highest BCUT2D eigenvalue weighted by Gasteiger charge is 2.31. The average Bonchev–Trinajstić information content (AvgIpc) is 1.53. The van der Waals surface area contributed by atoms with Crippen LogP contribution in [0.1, 0.15) is 225 Å². The number of aromatic hydroxyl groups is 4. The van der Waals surface area contributed by atoms with Gasteiger partial charge in [0.2, 0.25) is 0 Å². The minimum Gasteiger partial charge on any atom is -0.507 e. The topological polar surface area (TPSA) is 161 Å². The molecular formula is C74H94O11. The number of phenols is 4. The van der Waals surface area contributed by atoms with Crippen molar-refractivity contribution in [2.45, 2.75) is 196 Å². The number of esters is 2. The van der Waals surface area contributed by atoms with E-state index in [9.17, 15) is 30.0 Å². The number of hydrogen-bond donors (Lipinski definition) is 4. The van der Waals surface area contributed by atoms with Crippen LogP contribution in [-0.4, -0.2) is 72.0 Å². The van der Waals surface area contributed by atoms with Gasteiger partial charge in [0.25, 0.3) is 0 Å². The molecule has 0 unspecified atom stereocenters. The number of ether oxygens (including phenoxy) is 5. The molecule has 6 aromatic carbocycles. The highest BCUT2D eigenvalue weighted by molar-refractivity contribution is 5.72. The molecule has 4 N–H and O–H groups in total. The predicted molar refractivity (Wildman–Crippen MR) is 338 cm³/mol. The maximum atomic E-state index is 13.7. The zero-order chi connectivity index (χ0) is 62.5. The van der Waals surface area contributed by atoms with Gasteiger partial charge in [-0.2, -0.15) is 0 Å². The van der Waals surface area contributed by atoms with Crippen molar-refractivity contribution in [3.8, 4) is 34.5 Å². The molecule has 11 nitrogen and oxygen atoms in total. The fourth-order valence-electron chi connectivity index (χ4n) is 11.2. The third-order valence-electron chi connectivity index (χ3n) is 16.7. The maximum Gasteiger partial charge on any atom is 0.344 e. The fourth-order valence-corrected chi connectivity index (χ4v) is 11.2. The first kappa shape index (κ1) is 64.0. The van der Waals surface area contributed by atoms with Crippen LogP contribution in [0.15, 0.2) is 72.8 Å². The van der Waals surface area contributed by atoms with E-state index < -0.39 is 36.0 Å². The van der Waals surface area contributed by atoms with E-state index in [0.29, 0.717) is 56.0 Å². The first-order valence-corrected chi connectivity index (χ1v) is 30.2. The second kappa shape index (κ2) is 24.1. The van der Waals surface area contributed by atoms with Gasteiger partial charge in [-0.05, 0) is 133 Å². The standard InChI is InChI=1S/C74H94O11/c1-69(2,3)55-29-43-23-44-30-56(70(4,5)6)32-46(64(44)78)25-48-34-58(72(10,11)12)36-50(66(48)80)27-52-38-60(74(16,17)18)40-54-28-53-39-59(73(13,14)15)37-51(26-49-35-57(71(7,8)9)33-47(65(49)79)24-45(31-55)63(43)77)67(53)84-41-61(75)82-21-19-81-20-22-83-62(76)42-85-68(52)54/h29-40,77-80H,19-28,41-42H2,1-18H3. The van der Waals surface area contributed by atoms with Crippen LogP contribution in [0, 0.1) is 0 Å². The molecule has 85 heavy (non-hydrogen) atoms. The van der Waals surface area contributed by atoms with Gasteiger partial charge in [0.1, 0.15) is 47.7 Å². The van der Waals surface area contributed by atoms with E-state index in [4.69, 9.17) is 23.7 Å². The summed E-state index contributed by atoms with van der Waals surface area (Å²) in [6, 6.07) is 24.7. The van der Waals surface area contributed by atoms with Crippen molar-refractivity contribution in [2.24, 2.45) is 0 Å². The van der Waals surface area contributed by atoms with Crippen LogP contribution in [0.2, 0.25) is 0 Å². The van der Waals surface area contributed by atoms with Crippen molar-refractivity contribution in [3.05, 3.63) is 173 Å². The van der Waals surface area contributed by atoms with Crippen molar-refractivity contribution in [1.82, 2.24) is 0 Å². The number of carbonyl (C=O) groups is 2. The van der Waals surface area contributed by atoms with Crippen LogP contribution in [0.5, 0.6) is 34.5 Å². The Kier molecular flexibility index (Phi) is 18.1. The maximum absolute atomic E-state index is 13.7. The van der Waals surface area contributed by atoms with Gasteiger partial charge in [-0.25, -0.2) is 9.59 Å². The first-order chi connectivity index (χ1) is 39.3. The van der Waals surface area contributed by atoms with Crippen LogP contribution in [0.3, 0.4) is 0 Å². The summed E-state index contributed by atoms with van der Waals surface area (Å²) in [5.41, 5.74) is 11.6. The zero-order valence-corrected chi connectivity index (χ0v) is 54.1. The summed E-state index contributed by atoms with van der Waals surface area (Å²) in [5, 5.41) is 51.1. The molecule has 0 radical (unpaired) electrons. The summed E-state index contributed by atoms with van der Waals surface area (Å²) >= 11 is 0. The van der Waals surface area contributed by atoms with E-state index in [1.165, 1.54) is 0 Å². The molecule has 14 bridgehead atoms. The molecule has 456 valence electrons. The number of phenolic OH excluding ortho intramolecular Hbond substituents is 4. The quantitative estimate of drug-likeness (QED) is 0.107. The number of carbonyl (C=O) groups excluding carboxylic acids is 2. The number of rotatable bonds is 0. The molecule has 0 spiro atoms. The van der Waals surface area contributed by atoms with Crippen LogP contribution in [0.25, 0.3) is 0 Å². The molecule has 11 heteroatoms. The Morgan fingerprint density at radius 3 is 0.647 bits per heavy atom. The summed E-state index contributed by atoms with van der Waals surface area (Å²) in [7, 11) is 0. The molecule has 6 aromatic rings. The molecule has 0 saturated carbocycles. The van der Waals surface area contributed by atoms with Gasteiger partial charge in [-0.15, -0.1) is 0 Å². The fraction of sp³-hybridized carbons (Fsp3) is 0.486. The highest BCUT2D eigenvalue weighted by Crippen LogP contribution is 2.45. The van der Waals surface area contributed by atoms with Crippen LogP contribution in [0.4, 0.5) is 0 Å². The van der Waals surface area contributed by atoms with Gasteiger partial charge in [0.15, 0.2) is 13.2 Å². The lowest BCUT2D eigenvalue weighted by molar-refractivity contribution is -0.149. The van der Waals surface area contributed by atoms with Crippen LogP contribution >= 0.6 is 0 Å². The lowest BCUT2D eigenvalue weighted by Crippen LogP contribution is -2.22. The Balaban J connectivity index is 1.51. The minimum absolute atomic E-state index is 0.0390. The third kappa shape index (κ3) is 15.2. The molecule has 1 aliphatic heterocycles. The molecule has 1 aliphatic carbocycles. The second-order valence-electron chi connectivity index (χ2n) is 30.0. The lowest BCUT2D eigenvalue weighted by Gasteiger charge is -2.28. The number of cyclic esters (lactones) is 2. The van der Waals surface area contributed by atoms with Crippen molar-refractivity contribution >= 4 is 11.9 Å². The SMILES string of the molecule is CC(C)(C)c1cc2c(O)c(c1)Cc1cc(C(C)(C)C)cc(c1O)Cc1cc(C(C)(C)C)cc3c1OCC(=O)OCCOCCOC(=O)COc1c(cc(C(C)(C)C)cc1C3)Cc1cc(C(C)(C)C)cc(c1O)Cc1cc(C(C)(C)C)cc(c1O)C2. The minimum atomic E-state index is -0.598. The normalized spacial score (nSPS) is 15.6. The molecule has 0 aromatic heterocycles. The monoisotopic (exact) mass is 1160 g/mol. The van der Waals surface area contributed by atoms with E-state index in [1.54, 1.807) is 0 Å². The van der Waals surface area contributed by atoms with E-state index in [2.05, 4.69) is 149 Å². The van der Waals surface area contributed by atoms with Crippen molar-refractivity contribution in [3.63, 3.8) is 0 Å². The summed E-state index contributed by atoms with van der Waals surface area (Å²) in [4.78, 5) is 27.4. The third-order valence-corrected chi connectivity index (χ3v) is 16.7. The van der Waals surface area contributed by atoms with Gasteiger partial charge in [-0.1, -0.05) is 197 Å². The van der Waals surface area contributed by atoms with Crippen molar-refractivity contribution < 1.29 is 53.7 Å².